The number of para-hydroxylation sites is 1. The highest BCUT2D eigenvalue weighted by Gasteiger charge is 2.32. The van der Waals surface area contributed by atoms with Crippen molar-refractivity contribution in [3.05, 3.63) is 53.0 Å². The highest BCUT2D eigenvalue weighted by Crippen LogP contribution is 2.35. The van der Waals surface area contributed by atoms with E-state index in [0.29, 0.717) is 68.4 Å². The zero-order valence-electron chi connectivity index (χ0n) is 25.8. The lowest BCUT2D eigenvalue weighted by molar-refractivity contribution is -0.142. The average molecular weight is 617 g/mol. The Kier molecular flexibility index (Phi) is 9.73. The van der Waals surface area contributed by atoms with Gasteiger partial charge >= 0.3 is 11.9 Å². The molecule has 2 fully saturated rings. The number of Topliss-reactive ketones (excluding diaryl/α,β-unsaturated/α-hetero) is 2. The van der Waals surface area contributed by atoms with Gasteiger partial charge in [0.1, 0.15) is 33.6 Å². The standard InChI is InChI=1S/C35H40N2O6S/c1-21(38)23-9-13-25(14-10-23)32(40)42-28-17-18-30(43-33(41)26-15-11-24(12-16-26)22(2)39)27(19-28)20-36-35(3,4)34-37-29-7-5-6-8-31(29)44-34/h5-8,17-20,23-26H,9-16H2,1-4H3. The minimum absolute atomic E-state index is 0.0120. The van der Waals surface area contributed by atoms with Gasteiger partial charge in [0.05, 0.1) is 22.1 Å². The molecule has 0 amide bonds. The van der Waals surface area contributed by atoms with Crippen LogP contribution in [0.1, 0.15) is 89.6 Å². The van der Waals surface area contributed by atoms with Gasteiger partial charge in [-0.3, -0.25) is 24.2 Å². The molecule has 1 heterocycles. The van der Waals surface area contributed by atoms with Crippen LogP contribution in [-0.2, 0) is 24.7 Å². The number of rotatable bonds is 9. The molecule has 0 atom stereocenters. The number of carbonyl (C=O) groups is 4. The Balaban J connectivity index is 1.36. The molecule has 8 nitrogen and oxygen atoms in total. The van der Waals surface area contributed by atoms with Crippen molar-refractivity contribution in [1.29, 1.82) is 0 Å². The van der Waals surface area contributed by atoms with Crippen molar-refractivity contribution in [2.75, 3.05) is 0 Å². The topological polar surface area (TPSA) is 112 Å². The van der Waals surface area contributed by atoms with Crippen LogP contribution >= 0.6 is 11.3 Å². The molecule has 0 saturated heterocycles. The van der Waals surface area contributed by atoms with Gasteiger partial charge in [0.15, 0.2) is 0 Å². The number of fused-ring (bicyclic) bond motifs is 1. The smallest absolute Gasteiger partial charge is 0.314 e. The summed E-state index contributed by atoms with van der Waals surface area (Å²) in [5.41, 5.74) is 0.754. The van der Waals surface area contributed by atoms with Crippen molar-refractivity contribution in [3.63, 3.8) is 0 Å². The van der Waals surface area contributed by atoms with Gasteiger partial charge in [-0.1, -0.05) is 12.1 Å². The predicted octanol–water partition coefficient (Wildman–Crippen LogP) is 7.25. The van der Waals surface area contributed by atoms with E-state index in [1.807, 2.05) is 38.1 Å². The van der Waals surface area contributed by atoms with E-state index >= 15 is 0 Å². The summed E-state index contributed by atoms with van der Waals surface area (Å²) >= 11 is 1.58. The fourth-order valence-electron chi connectivity index (χ4n) is 6.07. The van der Waals surface area contributed by atoms with E-state index in [-0.39, 0.29) is 47.2 Å². The van der Waals surface area contributed by atoms with Crippen molar-refractivity contribution >= 4 is 51.3 Å². The Morgan fingerprint density at radius 3 is 1.91 bits per heavy atom. The normalized spacial score (nSPS) is 22.5. The largest absolute Gasteiger partial charge is 0.426 e. The van der Waals surface area contributed by atoms with Crippen LogP contribution in [0.25, 0.3) is 10.2 Å². The summed E-state index contributed by atoms with van der Waals surface area (Å²) in [7, 11) is 0. The Bertz CT molecular complexity index is 1540. The highest BCUT2D eigenvalue weighted by atomic mass is 32.1. The molecular weight excluding hydrogens is 576 g/mol. The molecule has 9 heteroatoms. The first-order valence-corrected chi connectivity index (χ1v) is 16.3. The Morgan fingerprint density at radius 2 is 1.34 bits per heavy atom. The molecule has 0 radical (unpaired) electrons. The van der Waals surface area contributed by atoms with E-state index in [9.17, 15) is 19.2 Å². The molecule has 0 unspecified atom stereocenters. The Hall–Kier alpha value is -3.72. The lowest BCUT2D eigenvalue weighted by Gasteiger charge is -2.26. The fourth-order valence-corrected chi connectivity index (χ4v) is 7.09. The lowest BCUT2D eigenvalue weighted by atomic mass is 9.80. The molecule has 2 aliphatic carbocycles. The number of carbonyl (C=O) groups excluding carboxylic acids is 4. The van der Waals surface area contributed by atoms with Gasteiger partial charge in [-0.2, -0.15) is 0 Å². The summed E-state index contributed by atoms with van der Waals surface area (Å²) in [5, 5.41) is 0.847. The lowest BCUT2D eigenvalue weighted by Crippen LogP contribution is -2.28. The van der Waals surface area contributed by atoms with Gasteiger partial charge in [-0.15, -0.1) is 11.3 Å². The molecule has 2 aliphatic rings. The summed E-state index contributed by atoms with van der Waals surface area (Å²) in [6.07, 6.45) is 6.86. The van der Waals surface area contributed by atoms with Gasteiger partial charge in [-0.05, 0) is 109 Å². The quantitative estimate of drug-likeness (QED) is 0.141. The molecule has 0 N–H and O–H groups in total. The second-order valence-electron chi connectivity index (χ2n) is 12.7. The van der Waals surface area contributed by atoms with E-state index in [1.54, 1.807) is 49.6 Å². The molecule has 3 aromatic rings. The van der Waals surface area contributed by atoms with E-state index in [4.69, 9.17) is 19.5 Å². The van der Waals surface area contributed by atoms with E-state index in [0.717, 1.165) is 15.2 Å². The maximum atomic E-state index is 13.2. The Labute approximate surface area is 262 Å². The van der Waals surface area contributed by atoms with Crippen molar-refractivity contribution < 1.29 is 28.7 Å². The molecule has 2 aromatic carbocycles. The van der Waals surface area contributed by atoms with Gasteiger partial charge in [0.2, 0.25) is 0 Å². The number of ketones is 2. The molecule has 2 saturated carbocycles. The summed E-state index contributed by atoms with van der Waals surface area (Å²) in [6, 6.07) is 12.9. The average Bonchev–Trinajstić information content (AvgIpc) is 3.47. The number of thiazole rings is 1. The molecule has 5 rings (SSSR count). The van der Waals surface area contributed by atoms with Crippen LogP contribution in [-0.4, -0.2) is 34.7 Å². The highest BCUT2D eigenvalue weighted by molar-refractivity contribution is 7.18. The van der Waals surface area contributed by atoms with Gasteiger partial charge in [-0.25, -0.2) is 4.98 Å². The minimum atomic E-state index is -0.669. The zero-order chi connectivity index (χ0) is 31.4. The number of hydrogen-bond donors (Lipinski definition) is 0. The number of hydrogen-bond acceptors (Lipinski definition) is 9. The number of aromatic nitrogens is 1. The predicted molar refractivity (Wildman–Crippen MR) is 170 cm³/mol. The Morgan fingerprint density at radius 1 is 0.795 bits per heavy atom. The van der Waals surface area contributed by atoms with Crippen LogP contribution in [0, 0.1) is 23.7 Å². The molecule has 1 aromatic heterocycles. The van der Waals surface area contributed by atoms with Crippen molar-refractivity contribution in [2.24, 2.45) is 28.7 Å². The van der Waals surface area contributed by atoms with Gasteiger partial charge in [0.25, 0.3) is 0 Å². The van der Waals surface area contributed by atoms with Crippen LogP contribution < -0.4 is 9.47 Å². The van der Waals surface area contributed by atoms with Crippen molar-refractivity contribution in [3.8, 4) is 11.5 Å². The third-order valence-corrected chi connectivity index (χ3v) is 10.4. The van der Waals surface area contributed by atoms with Crippen LogP contribution in [0.3, 0.4) is 0 Å². The minimum Gasteiger partial charge on any atom is -0.426 e. The van der Waals surface area contributed by atoms with Crippen LogP contribution in [0.15, 0.2) is 47.5 Å². The molecule has 44 heavy (non-hydrogen) atoms. The van der Waals surface area contributed by atoms with Crippen LogP contribution in [0.5, 0.6) is 11.5 Å². The molecule has 0 aliphatic heterocycles. The van der Waals surface area contributed by atoms with Crippen LogP contribution in [0.4, 0.5) is 0 Å². The fraction of sp³-hybridized carbons (Fsp3) is 0.486. The maximum Gasteiger partial charge on any atom is 0.314 e. The number of esters is 2. The first-order chi connectivity index (χ1) is 21.0. The second kappa shape index (κ2) is 13.5. The molecule has 0 bridgehead atoms. The summed E-state index contributed by atoms with van der Waals surface area (Å²) in [6.45, 7) is 7.16. The third-order valence-electron chi connectivity index (χ3n) is 9.02. The zero-order valence-corrected chi connectivity index (χ0v) is 26.7. The number of nitrogens with zero attached hydrogens (tertiary/aromatic N) is 2. The van der Waals surface area contributed by atoms with E-state index in [2.05, 4.69) is 0 Å². The first-order valence-electron chi connectivity index (χ1n) is 15.5. The number of ether oxygens (including phenoxy) is 2. The first kappa shape index (κ1) is 31.7. The summed E-state index contributed by atoms with van der Waals surface area (Å²) < 4.78 is 12.8. The van der Waals surface area contributed by atoms with Crippen molar-refractivity contribution in [2.45, 2.75) is 84.6 Å². The molecule has 0 spiro atoms. The van der Waals surface area contributed by atoms with Gasteiger partial charge in [0, 0.05) is 23.6 Å². The van der Waals surface area contributed by atoms with E-state index < -0.39 is 5.54 Å². The number of benzene rings is 2. The maximum absolute atomic E-state index is 13.2. The molecular formula is C35H40N2O6S. The SMILES string of the molecule is CC(=O)C1CCC(C(=O)Oc2ccc(OC(=O)C3CCC(C(C)=O)CC3)c(C=NC(C)(C)c3nc4ccccc4s3)c2)CC1. The van der Waals surface area contributed by atoms with Gasteiger partial charge < -0.3 is 9.47 Å². The summed E-state index contributed by atoms with van der Waals surface area (Å²) in [4.78, 5) is 59.4. The number of aliphatic imine (C=N–C) groups is 1. The summed E-state index contributed by atoms with van der Waals surface area (Å²) in [5.74, 6) is -0.157. The van der Waals surface area contributed by atoms with Crippen LogP contribution in [0.2, 0.25) is 0 Å². The van der Waals surface area contributed by atoms with Crippen molar-refractivity contribution in [1.82, 2.24) is 4.98 Å². The third kappa shape index (κ3) is 7.49. The second-order valence-corrected chi connectivity index (χ2v) is 13.7. The van der Waals surface area contributed by atoms with E-state index in [1.165, 1.54) is 0 Å². The molecule has 232 valence electrons. The monoisotopic (exact) mass is 616 g/mol.